The molecule has 4 aromatic heterocycles. The Bertz CT molecular complexity index is 1240. The highest BCUT2D eigenvalue weighted by molar-refractivity contribution is 5.93. The van der Waals surface area contributed by atoms with Crippen LogP contribution in [0.1, 0.15) is 43.4 Å². The molecule has 2 amide bonds. The summed E-state index contributed by atoms with van der Waals surface area (Å²) in [6.45, 7) is 3.35. The van der Waals surface area contributed by atoms with E-state index in [0.29, 0.717) is 31.7 Å². The second-order valence-corrected chi connectivity index (χ2v) is 7.55. The summed E-state index contributed by atoms with van der Waals surface area (Å²) in [5.74, 6) is -0.0799. The fourth-order valence-electron chi connectivity index (χ4n) is 3.99. The second kappa shape index (κ2) is 7.71. The van der Waals surface area contributed by atoms with Crippen molar-refractivity contribution >= 4 is 17.5 Å². The summed E-state index contributed by atoms with van der Waals surface area (Å²) in [4.78, 5) is 36.0. The Morgan fingerprint density at radius 3 is 2.94 bits per heavy atom. The van der Waals surface area contributed by atoms with E-state index in [9.17, 15) is 9.59 Å². The topological polar surface area (TPSA) is 92.7 Å². The molecule has 0 aromatic carbocycles. The van der Waals surface area contributed by atoms with Crippen molar-refractivity contribution in [2.45, 2.75) is 26.4 Å². The predicted octanol–water partition coefficient (Wildman–Crippen LogP) is 2.76. The summed E-state index contributed by atoms with van der Waals surface area (Å²) in [6.07, 6.45) is 7.63. The maximum Gasteiger partial charge on any atom is 0.287 e. The maximum absolute atomic E-state index is 13.0. The highest BCUT2D eigenvalue weighted by Crippen LogP contribution is 2.25. The number of carbonyl (C=O) groups excluding carboxylic acids is 2. The molecule has 0 atom stereocenters. The van der Waals surface area contributed by atoms with Gasteiger partial charge in [0, 0.05) is 43.9 Å². The Morgan fingerprint density at radius 1 is 1.23 bits per heavy atom. The Labute approximate surface area is 178 Å². The van der Waals surface area contributed by atoms with Gasteiger partial charge in [0.05, 0.1) is 6.26 Å². The summed E-state index contributed by atoms with van der Waals surface area (Å²) < 4.78 is 6.99. The van der Waals surface area contributed by atoms with Crippen molar-refractivity contribution < 1.29 is 14.0 Å². The highest BCUT2D eigenvalue weighted by atomic mass is 16.3. The molecule has 0 saturated carbocycles. The van der Waals surface area contributed by atoms with Gasteiger partial charge in [-0.1, -0.05) is 6.07 Å². The van der Waals surface area contributed by atoms with Crippen molar-refractivity contribution in [3.8, 4) is 0 Å². The van der Waals surface area contributed by atoms with Crippen LogP contribution in [0.4, 0.5) is 0 Å². The Kier molecular flexibility index (Phi) is 4.74. The number of hydrogen-bond acceptors (Lipinski definition) is 5. The van der Waals surface area contributed by atoms with Gasteiger partial charge in [-0.15, -0.1) is 0 Å². The van der Waals surface area contributed by atoms with Gasteiger partial charge in [-0.25, -0.2) is 4.98 Å². The first-order valence-electron chi connectivity index (χ1n) is 10.1. The predicted molar refractivity (Wildman–Crippen MR) is 112 cm³/mol. The van der Waals surface area contributed by atoms with Crippen LogP contribution in [0, 0.1) is 6.92 Å². The monoisotopic (exact) mass is 415 g/mol. The molecule has 1 aliphatic heterocycles. The fourth-order valence-corrected chi connectivity index (χ4v) is 3.99. The molecule has 5 rings (SSSR count). The number of imidazole rings is 1. The Morgan fingerprint density at radius 2 is 2.13 bits per heavy atom. The molecular formula is C23H21N5O3. The lowest BCUT2D eigenvalue weighted by Crippen LogP contribution is -2.37. The van der Waals surface area contributed by atoms with E-state index in [1.165, 1.54) is 6.26 Å². The molecule has 0 saturated heterocycles. The standard InChI is InChI=1S/C23H21N5O3/c1-15-18(12-25-22(29)20-5-4-10-31-20)17-7-9-28(13-16(17)11-24-15)23(30)19-14-27-8-3-2-6-21(27)26-19/h2-6,8,10-11,14H,7,9,12-13H2,1H3,(H,25,29). The van der Waals surface area contributed by atoms with Crippen LogP contribution in [-0.2, 0) is 19.5 Å². The molecule has 31 heavy (non-hydrogen) atoms. The normalized spacial score (nSPS) is 13.3. The number of amides is 2. The number of carbonyl (C=O) groups is 2. The van der Waals surface area contributed by atoms with E-state index in [0.717, 1.165) is 28.0 Å². The van der Waals surface area contributed by atoms with Gasteiger partial charge in [0.25, 0.3) is 11.8 Å². The first-order valence-corrected chi connectivity index (χ1v) is 10.1. The van der Waals surface area contributed by atoms with Crippen molar-refractivity contribution in [3.05, 3.63) is 89.0 Å². The molecule has 8 heteroatoms. The van der Waals surface area contributed by atoms with Crippen LogP contribution in [0.25, 0.3) is 5.65 Å². The molecule has 5 heterocycles. The molecule has 0 fully saturated rings. The van der Waals surface area contributed by atoms with Crippen LogP contribution < -0.4 is 5.32 Å². The first-order chi connectivity index (χ1) is 15.1. The average molecular weight is 415 g/mol. The third kappa shape index (κ3) is 3.56. The van der Waals surface area contributed by atoms with E-state index in [-0.39, 0.29) is 17.6 Å². The van der Waals surface area contributed by atoms with E-state index in [4.69, 9.17) is 4.42 Å². The Balaban J connectivity index is 1.34. The minimum Gasteiger partial charge on any atom is -0.459 e. The molecule has 0 bridgehead atoms. The Hall–Kier alpha value is -3.94. The van der Waals surface area contributed by atoms with Gasteiger partial charge < -0.3 is 19.0 Å². The number of nitrogens with zero attached hydrogens (tertiary/aromatic N) is 4. The average Bonchev–Trinajstić information content (AvgIpc) is 3.47. The van der Waals surface area contributed by atoms with Crippen LogP contribution in [-0.4, -0.2) is 37.6 Å². The number of nitrogens with one attached hydrogen (secondary N) is 1. The van der Waals surface area contributed by atoms with Crippen LogP contribution in [0.3, 0.4) is 0 Å². The molecule has 1 aliphatic rings. The zero-order valence-electron chi connectivity index (χ0n) is 17.0. The SMILES string of the molecule is Cc1ncc2c(c1CNC(=O)c1ccco1)CCN(C(=O)c1cn3ccccc3n1)C2. The highest BCUT2D eigenvalue weighted by Gasteiger charge is 2.26. The summed E-state index contributed by atoms with van der Waals surface area (Å²) in [5.41, 5.74) is 5.19. The first kappa shape index (κ1) is 19.0. The van der Waals surface area contributed by atoms with Crippen LogP contribution in [0.5, 0.6) is 0 Å². The van der Waals surface area contributed by atoms with Gasteiger partial charge in [-0.3, -0.25) is 14.6 Å². The molecule has 0 spiro atoms. The maximum atomic E-state index is 13.0. The lowest BCUT2D eigenvalue weighted by molar-refractivity contribution is 0.0729. The van der Waals surface area contributed by atoms with Gasteiger partial charge in [-0.2, -0.15) is 0 Å². The number of rotatable bonds is 4. The number of aryl methyl sites for hydroxylation is 1. The van der Waals surface area contributed by atoms with E-state index in [1.807, 2.05) is 41.9 Å². The van der Waals surface area contributed by atoms with Crippen LogP contribution >= 0.6 is 0 Å². The third-order valence-corrected chi connectivity index (χ3v) is 5.64. The minimum atomic E-state index is -0.263. The summed E-state index contributed by atoms with van der Waals surface area (Å²) in [6, 6.07) is 8.98. The molecule has 4 aromatic rings. The smallest absolute Gasteiger partial charge is 0.287 e. The van der Waals surface area contributed by atoms with Crippen molar-refractivity contribution in [2.75, 3.05) is 6.54 Å². The summed E-state index contributed by atoms with van der Waals surface area (Å²) >= 11 is 0. The van der Waals surface area contributed by atoms with Gasteiger partial charge in [-0.05, 0) is 54.3 Å². The van der Waals surface area contributed by atoms with Gasteiger partial charge in [0.2, 0.25) is 0 Å². The molecule has 0 unspecified atom stereocenters. The minimum absolute atomic E-state index is 0.0948. The second-order valence-electron chi connectivity index (χ2n) is 7.55. The number of hydrogen-bond donors (Lipinski definition) is 1. The van der Waals surface area contributed by atoms with Gasteiger partial charge in [0.15, 0.2) is 5.76 Å². The van der Waals surface area contributed by atoms with E-state index >= 15 is 0 Å². The number of fused-ring (bicyclic) bond motifs is 2. The van der Waals surface area contributed by atoms with E-state index < -0.39 is 0 Å². The molecule has 8 nitrogen and oxygen atoms in total. The molecular weight excluding hydrogens is 394 g/mol. The van der Waals surface area contributed by atoms with E-state index in [1.54, 1.807) is 23.2 Å². The van der Waals surface area contributed by atoms with Crippen molar-refractivity contribution in [1.29, 1.82) is 0 Å². The van der Waals surface area contributed by atoms with E-state index in [2.05, 4.69) is 15.3 Å². The molecule has 0 radical (unpaired) electrons. The van der Waals surface area contributed by atoms with Gasteiger partial charge >= 0.3 is 0 Å². The molecule has 156 valence electrons. The van der Waals surface area contributed by atoms with Crippen LogP contribution in [0.15, 0.2) is 59.6 Å². The summed E-state index contributed by atoms with van der Waals surface area (Å²) in [5, 5.41) is 2.90. The van der Waals surface area contributed by atoms with Crippen molar-refractivity contribution in [1.82, 2.24) is 24.6 Å². The lowest BCUT2D eigenvalue weighted by Gasteiger charge is -2.30. The quantitative estimate of drug-likeness (QED) is 0.553. The number of aromatic nitrogens is 3. The zero-order valence-corrected chi connectivity index (χ0v) is 17.0. The van der Waals surface area contributed by atoms with Crippen LogP contribution in [0.2, 0.25) is 0 Å². The number of furan rings is 1. The number of pyridine rings is 2. The summed E-state index contributed by atoms with van der Waals surface area (Å²) in [7, 11) is 0. The fraction of sp³-hybridized carbons (Fsp3) is 0.217. The molecule has 1 N–H and O–H groups in total. The third-order valence-electron chi connectivity index (χ3n) is 5.64. The van der Waals surface area contributed by atoms with Crippen molar-refractivity contribution in [3.63, 3.8) is 0 Å². The largest absolute Gasteiger partial charge is 0.459 e. The zero-order chi connectivity index (χ0) is 21.4. The van der Waals surface area contributed by atoms with Gasteiger partial charge in [0.1, 0.15) is 11.3 Å². The molecule has 0 aliphatic carbocycles. The van der Waals surface area contributed by atoms with Crippen molar-refractivity contribution in [2.24, 2.45) is 0 Å². The lowest BCUT2D eigenvalue weighted by atomic mass is 9.94.